The first-order chi connectivity index (χ1) is 22.7. The molecule has 9 rings (SSSR count). The number of benzene rings is 7. The van der Waals surface area contributed by atoms with Gasteiger partial charge >= 0.3 is 0 Å². The third-order valence-electron chi connectivity index (χ3n) is 8.92. The zero-order valence-corrected chi connectivity index (χ0v) is 26.3. The van der Waals surface area contributed by atoms with Crippen molar-refractivity contribution in [3.63, 3.8) is 0 Å². The number of nitrogens with zero attached hydrogens (tertiary/aromatic N) is 1. The molecule has 46 heavy (non-hydrogen) atoms. The van der Waals surface area contributed by atoms with Gasteiger partial charge in [0.05, 0.1) is 11.6 Å². The van der Waals surface area contributed by atoms with Crippen molar-refractivity contribution in [1.82, 2.24) is 0 Å². The van der Waals surface area contributed by atoms with Crippen LogP contribution in [0, 0.1) is 11.3 Å². The van der Waals surface area contributed by atoms with Gasteiger partial charge in [-0.05, 0) is 87.0 Å². The van der Waals surface area contributed by atoms with Crippen molar-refractivity contribution >= 4 is 63.0 Å². The van der Waals surface area contributed by atoms with Crippen LogP contribution in [0.25, 0.3) is 84.9 Å². The highest BCUT2D eigenvalue weighted by atomic mass is 32.1. The summed E-state index contributed by atoms with van der Waals surface area (Å²) in [5, 5.41) is 15.6. The summed E-state index contributed by atoms with van der Waals surface area (Å²) in [5.41, 5.74) is 9.52. The molecule has 0 aliphatic carbocycles. The van der Waals surface area contributed by atoms with E-state index in [2.05, 4.69) is 133 Å². The molecule has 0 amide bonds. The van der Waals surface area contributed by atoms with E-state index in [1.165, 1.54) is 51.5 Å². The van der Waals surface area contributed by atoms with Crippen LogP contribution in [0.1, 0.15) is 5.56 Å². The lowest BCUT2D eigenvalue weighted by atomic mass is 9.89. The average Bonchev–Trinajstić information content (AvgIpc) is 3.70. The van der Waals surface area contributed by atoms with Gasteiger partial charge in [0, 0.05) is 40.3 Å². The highest BCUT2D eigenvalue weighted by Gasteiger charge is 2.17. The zero-order chi connectivity index (χ0) is 30.6. The number of hydrogen-bond acceptors (Lipinski definition) is 3. The standard InChI is InChI=1S/C43H25NS2/c44-26-32-22-28(27-10-2-1-3-11-27)20-21-33(32)29-23-30(34-14-9-19-41-42(34)38-13-5-7-18-40(38)45-41)25-31(24-29)35-15-8-16-37-36-12-4-6-17-39(36)46-43(35)37/h1-25H. The second-order valence-corrected chi connectivity index (χ2v) is 13.7. The molecule has 7 aromatic carbocycles. The average molecular weight is 620 g/mol. The van der Waals surface area contributed by atoms with Gasteiger partial charge in [0.25, 0.3) is 0 Å². The molecule has 0 bridgehead atoms. The molecule has 0 unspecified atom stereocenters. The van der Waals surface area contributed by atoms with E-state index in [9.17, 15) is 5.26 Å². The first-order valence-electron chi connectivity index (χ1n) is 15.3. The summed E-state index contributed by atoms with van der Waals surface area (Å²) >= 11 is 3.69. The maximum Gasteiger partial charge on any atom is 0.0998 e. The molecule has 0 radical (unpaired) electrons. The molecular formula is C43H25NS2. The Morgan fingerprint density at radius 1 is 0.391 bits per heavy atom. The molecule has 0 saturated heterocycles. The number of fused-ring (bicyclic) bond motifs is 6. The summed E-state index contributed by atoms with van der Waals surface area (Å²) in [4.78, 5) is 0. The lowest BCUT2D eigenvalue weighted by molar-refractivity contribution is 1.47. The van der Waals surface area contributed by atoms with E-state index in [4.69, 9.17) is 0 Å². The van der Waals surface area contributed by atoms with Crippen molar-refractivity contribution in [2.45, 2.75) is 0 Å². The molecule has 0 fully saturated rings. The monoisotopic (exact) mass is 619 g/mol. The minimum atomic E-state index is 0.670. The van der Waals surface area contributed by atoms with Gasteiger partial charge in [0.2, 0.25) is 0 Å². The van der Waals surface area contributed by atoms with Crippen LogP contribution < -0.4 is 0 Å². The number of rotatable bonds is 4. The molecule has 214 valence electrons. The Morgan fingerprint density at radius 2 is 1.00 bits per heavy atom. The fourth-order valence-electron chi connectivity index (χ4n) is 6.78. The van der Waals surface area contributed by atoms with Crippen LogP contribution in [0.2, 0.25) is 0 Å². The molecule has 0 N–H and O–H groups in total. The maximum atomic E-state index is 10.4. The molecule has 3 heteroatoms. The van der Waals surface area contributed by atoms with E-state index in [1.54, 1.807) is 0 Å². The quantitative estimate of drug-likeness (QED) is 0.192. The lowest BCUT2D eigenvalue weighted by Gasteiger charge is -2.14. The first kappa shape index (κ1) is 26.8. The second-order valence-electron chi connectivity index (χ2n) is 11.6. The Hall–Kier alpha value is -5.53. The fraction of sp³-hybridized carbons (Fsp3) is 0. The second kappa shape index (κ2) is 10.8. The van der Waals surface area contributed by atoms with Crippen molar-refractivity contribution in [2.24, 2.45) is 0 Å². The Balaban J connectivity index is 1.32. The lowest BCUT2D eigenvalue weighted by Crippen LogP contribution is -1.90. The van der Waals surface area contributed by atoms with Gasteiger partial charge in [-0.1, -0.05) is 109 Å². The summed E-state index contributed by atoms with van der Waals surface area (Å²) < 4.78 is 5.15. The van der Waals surface area contributed by atoms with Gasteiger partial charge in [-0.25, -0.2) is 0 Å². The normalized spacial score (nSPS) is 11.5. The smallest absolute Gasteiger partial charge is 0.0998 e. The Morgan fingerprint density at radius 3 is 1.80 bits per heavy atom. The van der Waals surface area contributed by atoms with Crippen LogP contribution >= 0.6 is 22.7 Å². The van der Waals surface area contributed by atoms with Crippen molar-refractivity contribution in [3.8, 4) is 50.6 Å². The van der Waals surface area contributed by atoms with Crippen molar-refractivity contribution < 1.29 is 0 Å². The molecule has 1 nitrogen and oxygen atoms in total. The van der Waals surface area contributed by atoms with Crippen LogP contribution in [0.4, 0.5) is 0 Å². The van der Waals surface area contributed by atoms with E-state index in [0.717, 1.165) is 33.4 Å². The minimum Gasteiger partial charge on any atom is -0.192 e. The maximum absolute atomic E-state index is 10.4. The van der Waals surface area contributed by atoms with Crippen LogP contribution in [0.3, 0.4) is 0 Å². The van der Waals surface area contributed by atoms with E-state index in [-0.39, 0.29) is 0 Å². The Bertz CT molecular complexity index is 2650. The van der Waals surface area contributed by atoms with E-state index in [0.29, 0.717) is 5.56 Å². The van der Waals surface area contributed by atoms with Crippen LogP contribution in [0.15, 0.2) is 152 Å². The molecule has 0 aliphatic heterocycles. The molecule has 0 saturated carbocycles. The molecule has 9 aromatic rings. The van der Waals surface area contributed by atoms with E-state index >= 15 is 0 Å². The third-order valence-corrected chi connectivity index (χ3v) is 11.3. The van der Waals surface area contributed by atoms with Crippen molar-refractivity contribution in [3.05, 3.63) is 157 Å². The summed E-state index contributed by atoms with van der Waals surface area (Å²) in [6.07, 6.45) is 0. The van der Waals surface area contributed by atoms with Crippen LogP contribution in [-0.2, 0) is 0 Å². The molecule has 0 spiro atoms. The highest BCUT2D eigenvalue weighted by molar-refractivity contribution is 7.26. The van der Waals surface area contributed by atoms with Crippen molar-refractivity contribution in [1.29, 1.82) is 5.26 Å². The third kappa shape index (κ3) is 4.35. The summed E-state index contributed by atoms with van der Waals surface area (Å²) in [6, 6.07) is 56.6. The predicted octanol–water partition coefficient (Wildman–Crippen LogP) is 13.0. The Labute approximate surface area is 274 Å². The minimum absolute atomic E-state index is 0.670. The molecule has 2 heterocycles. The molecule has 0 aliphatic rings. The zero-order valence-electron chi connectivity index (χ0n) is 24.7. The van der Waals surface area contributed by atoms with Crippen molar-refractivity contribution in [2.75, 3.05) is 0 Å². The molecule has 2 aromatic heterocycles. The van der Waals surface area contributed by atoms with Gasteiger partial charge in [-0.2, -0.15) is 5.26 Å². The Kier molecular flexibility index (Phi) is 6.31. The predicted molar refractivity (Wildman–Crippen MR) is 199 cm³/mol. The number of nitriles is 1. The van der Waals surface area contributed by atoms with Crippen LogP contribution in [0.5, 0.6) is 0 Å². The highest BCUT2D eigenvalue weighted by Crippen LogP contribution is 2.45. The largest absolute Gasteiger partial charge is 0.192 e. The van der Waals surface area contributed by atoms with E-state index in [1.807, 2.05) is 46.9 Å². The number of hydrogen-bond donors (Lipinski definition) is 0. The topological polar surface area (TPSA) is 23.8 Å². The van der Waals surface area contributed by atoms with Gasteiger partial charge in [-0.15, -0.1) is 22.7 Å². The van der Waals surface area contributed by atoms with Gasteiger partial charge < -0.3 is 0 Å². The summed E-state index contributed by atoms with van der Waals surface area (Å²) in [6.45, 7) is 0. The van der Waals surface area contributed by atoms with Gasteiger partial charge in [0.15, 0.2) is 0 Å². The summed E-state index contributed by atoms with van der Waals surface area (Å²) in [7, 11) is 0. The SMILES string of the molecule is N#Cc1cc(-c2ccccc2)ccc1-c1cc(-c2cccc3c2sc2ccccc23)cc(-c2cccc3sc4ccccc4c23)c1. The fourth-order valence-corrected chi connectivity index (χ4v) is 9.15. The van der Waals surface area contributed by atoms with Gasteiger partial charge in [0.1, 0.15) is 0 Å². The van der Waals surface area contributed by atoms with E-state index < -0.39 is 0 Å². The molecule has 0 atom stereocenters. The van der Waals surface area contributed by atoms with Gasteiger partial charge in [-0.3, -0.25) is 0 Å². The number of thiophene rings is 2. The van der Waals surface area contributed by atoms with Crippen LogP contribution in [-0.4, -0.2) is 0 Å². The molecular weight excluding hydrogens is 595 g/mol. The first-order valence-corrected chi connectivity index (χ1v) is 16.9. The summed E-state index contributed by atoms with van der Waals surface area (Å²) in [5.74, 6) is 0.